The summed E-state index contributed by atoms with van der Waals surface area (Å²) in [6, 6.07) is 8.97. The van der Waals surface area contributed by atoms with E-state index in [0.717, 1.165) is 31.5 Å². The lowest BCUT2D eigenvalue weighted by molar-refractivity contribution is -0.125. The highest BCUT2D eigenvalue weighted by molar-refractivity contribution is 5.95. The van der Waals surface area contributed by atoms with Gasteiger partial charge in [0.1, 0.15) is 0 Å². The van der Waals surface area contributed by atoms with E-state index in [1.165, 1.54) is 31.2 Å². The Bertz CT molecular complexity index is 502. The van der Waals surface area contributed by atoms with Crippen LogP contribution in [0.15, 0.2) is 24.3 Å². The molecule has 3 rings (SSSR count). The van der Waals surface area contributed by atoms with Crippen molar-refractivity contribution in [3.05, 3.63) is 29.8 Å². The predicted octanol–water partition coefficient (Wildman–Crippen LogP) is 3.85. The monoisotopic (exact) mass is 286 g/mol. The molecule has 0 radical (unpaired) electrons. The summed E-state index contributed by atoms with van der Waals surface area (Å²) in [6.45, 7) is 3.04. The first-order valence-corrected chi connectivity index (χ1v) is 8.36. The molecule has 0 heterocycles. The smallest absolute Gasteiger partial charge is 0.230 e. The largest absolute Gasteiger partial charge is 0.326 e. The molecule has 0 unspecified atom stereocenters. The van der Waals surface area contributed by atoms with Crippen molar-refractivity contribution < 1.29 is 4.79 Å². The lowest BCUT2D eigenvalue weighted by atomic mass is 9.82. The maximum atomic E-state index is 12.6. The molecule has 0 atom stereocenters. The number of benzene rings is 1. The Morgan fingerprint density at radius 1 is 1.29 bits per heavy atom. The zero-order chi connectivity index (χ0) is 14.7. The molecule has 21 heavy (non-hydrogen) atoms. The molecule has 1 aromatic carbocycles. The summed E-state index contributed by atoms with van der Waals surface area (Å²) in [5, 5.41) is 6.67. The predicted molar refractivity (Wildman–Crippen MR) is 86.1 cm³/mol. The highest BCUT2D eigenvalue weighted by atomic mass is 16.2. The van der Waals surface area contributed by atoms with Gasteiger partial charge in [-0.25, -0.2) is 0 Å². The molecule has 114 valence electrons. The van der Waals surface area contributed by atoms with E-state index in [4.69, 9.17) is 0 Å². The van der Waals surface area contributed by atoms with Crippen LogP contribution >= 0.6 is 0 Å². The van der Waals surface area contributed by atoms with Crippen molar-refractivity contribution in [2.75, 3.05) is 5.32 Å². The molecule has 2 N–H and O–H groups in total. The van der Waals surface area contributed by atoms with E-state index in [-0.39, 0.29) is 11.3 Å². The molecule has 0 aliphatic heterocycles. The van der Waals surface area contributed by atoms with Crippen LogP contribution in [-0.4, -0.2) is 11.9 Å². The maximum absolute atomic E-state index is 12.6. The van der Waals surface area contributed by atoms with Gasteiger partial charge in [-0.3, -0.25) is 4.79 Å². The number of hydrogen-bond acceptors (Lipinski definition) is 2. The second-order valence-corrected chi connectivity index (χ2v) is 6.65. The minimum absolute atomic E-state index is 0.123. The maximum Gasteiger partial charge on any atom is 0.230 e. The first kappa shape index (κ1) is 14.6. The van der Waals surface area contributed by atoms with Crippen molar-refractivity contribution in [2.45, 2.75) is 64.5 Å². The third-order valence-corrected chi connectivity index (χ3v) is 5.08. The number of carbonyl (C=O) groups excluding carboxylic acids is 1. The first-order valence-electron chi connectivity index (χ1n) is 8.36. The number of nitrogens with one attached hydrogen (secondary N) is 2. The second-order valence-electron chi connectivity index (χ2n) is 6.65. The number of carbonyl (C=O) groups is 1. The van der Waals surface area contributed by atoms with E-state index in [9.17, 15) is 4.79 Å². The number of anilines is 1. The van der Waals surface area contributed by atoms with Crippen molar-refractivity contribution in [3.63, 3.8) is 0 Å². The minimum Gasteiger partial charge on any atom is -0.326 e. The molecule has 3 heteroatoms. The third-order valence-electron chi connectivity index (χ3n) is 5.08. The van der Waals surface area contributed by atoms with Crippen LogP contribution in [0.1, 0.15) is 57.4 Å². The van der Waals surface area contributed by atoms with Gasteiger partial charge in [0.25, 0.3) is 0 Å². The number of hydrogen-bond donors (Lipinski definition) is 2. The Labute approximate surface area is 127 Å². The van der Waals surface area contributed by atoms with Gasteiger partial charge in [0.15, 0.2) is 0 Å². The highest BCUT2D eigenvalue weighted by Crippen LogP contribution is 2.41. The van der Waals surface area contributed by atoms with Crippen LogP contribution < -0.4 is 10.6 Å². The van der Waals surface area contributed by atoms with E-state index < -0.39 is 0 Å². The first-order chi connectivity index (χ1) is 10.2. The van der Waals surface area contributed by atoms with E-state index in [0.29, 0.717) is 6.04 Å². The van der Waals surface area contributed by atoms with Gasteiger partial charge in [-0.1, -0.05) is 31.9 Å². The van der Waals surface area contributed by atoms with E-state index in [1.54, 1.807) is 0 Å². The lowest BCUT2D eigenvalue weighted by Crippen LogP contribution is -2.33. The molecule has 2 fully saturated rings. The molecule has 2 saturated carbocycles. The number of rotatable bonds is 6. The van der Waals surface area contributed by atoms with Crippen LogP contribution in [0, 0.1) is 5.41 Å². The van der Waals surface area contributed by atoms with Crippen molar-refractivity contribution in [2.24, 2.45) is 5.41 Å². The summed E-state index contributed by atoms with van der Waals surface area (Å²) < 4.78 is 0. The van der Waals surface area contributed by atoms with Crippen molar-refractivity contribution in [1.82, 2.24) is 5.32 Å². The van der Waals surface area contributed by atoms with Crippen LogP contribution in [0.4, 0.5) is 5.69 Å². The Balaban J connectivity index is 1.63. The average Bonchev–Trinajstić information content (AvgIpc) is 3.20. The summed E-state index contributed by atoms with van der Waals surface area (Å²) in [6.07, 6.45) is 8.00. The SMILES string of the molecule is CCC1(C(=O)Nc2cccc(CNC3CC3)c2)CCCC1. The Morgan fingerprint density at radius 2 is 2.05 bits per heavy atom. The summed E-state index contributed by atoms with van der Waals surface area (Å²) in [5.41, 5.74) is 2.06. The van der Waals surface area contributed by atoms with Crippen LogP contribution in [0.5, 0.6) is 0 Å². The highest BCUT2D eigenvalue weighted by Gasteiger charge is 2.39. The summed E-state index contributed by atoms with van der Waals surface area (Å²) in [4.78, 5) is 12.6. The van der Waals surface area contributed by atoms with Gasteiger partial charge in [0, 0.05) is 23.7 Å². The minimum atomic E-state index is -0.123. The number of amides is 1. The molecule has 1 aromatic rings. The van der Waals surface area contributed by atoms with E-state index >= 15 is 0 Å². The fourth-order valence-corrected chi connectivity index (χ4v) is 3.37. The standard InChI is InChI=1S/C18H26N2O/c1-2-18(10-3-4-11-18)17(21)20-16-7-5-6-14(12-16)13-19-15-8-9-15/h5-7,12,15,19H,2-4,8-11,13H2,1H3,(H,20,21). The van der Waals surface area contributed by atoms with Gasteiger partial charge < -0.3 is 10.6 Å². The zero-order valence-electron chi connectivity index (χ0n) is 13.0. The third kappa shape index (κ3) is 3.46. The summed E-state index contributed by atoms with van der Waals surface area (Å²) in [7, 11) is 0. The quantitative estimate of drug-likeness (QED) is 0.834. The molecular weight excluding hydrogens is 260 g/mol. The molecule has 0 spiro atoms. The molecule has 2 aliphatic rings. The Hall–Kier alpha value is -1.35. The van der Waals surface area contributed by atoms with Crippen molar-refractivity contribution in [1.29, 1.82) is 0 Å². The normalized spacial score (nSPS) is 20.4. The molecule has 2 aliphatic carbocycles. The van der Waals surface area contributed by atoms with Gasteiger partial charge in [-0.15, -0.1) is 0 Å². The van der Waals surface area contributed by atoms with Gasteiger partial charge in [0.2, 0.25) is 5.91 Å². The van der Waals surface area contributed by atoms with Gasteiger partial charge in [-0.2, -0.15) is 0 Å². The second kappa shape index (κ2) is 6.18. The van der Waals surface area contributed by atoms with Crippen molar-refractivity contribution in [3.8, 4) is 0 Å². The Kier molecular flexibility index (Phi) is 4.29. The van der Waals surface area contributed by atoms with E-state index in [2.05, 4.69) is 29.7 Å². The molecule has 0 aromatic heterocycles. The molecular formula is C18H26N2O. The molecule has 3 nitrogen and oxygen atoms in total. The fourth-order valence-electron chi connectivity index (χ4n) is 3.37. The van der Waals surface area contributed by atoms with E-state index in [1.807, 2.05) is 12.1 Å². The molecule has 0 saturated heterocycles. The van der Waals surface area contributed by atoms with Gasteiger partial charge in [-0.05, 0) is 49.8 Å². The van der Waals surface area contributed by atoms with Crippen LogP contribution in [0.3, 0.4) is 0 Å². The van der Waals surface area contributed by atoms with Gasteiger partial charge >= 0.3 is 0 Å². The molecule has 0 bridgehead atoms. The van der Waals surface area contributed by atoms with Gasteiger partial charge in [0.05, 0.1) is 0 Å². The molecule has 1 amide bonds. The van der Waals surface area contributed by atoms with Crippen LogP contribution in [-0.2, 0) is 11.3 Å². The summed E-state index contributed by atoms with van der Waals surface area (Å²) in [5.74, 6) is 0.217. The van der Waals surface area contributed by atoms with Crippen molar-refractivity contribution >= 4 is 11.6 Å². The van der Waals surface area contributed by atoms with Crippen LogP contribution in [0.2, 0.25) is 0 Å². The zero-order valence-corrected chi connectivity index (χ0v) is 13.0. The Morgan fingerprint density at radius 3 is 2.71 bits per heavy atom. The van der Waals surface area contributed by atoms with Crippen LogP contribution in [0.25, 0.3) is 0 Å². The lowest BCUT2D eigenvalue weighted by Gasteiger charge is -2.26. The average molecular weight is 286 g/mol. The summed E-state index contributed by atoms with van der Waals surface area (Å²) >= 11 is 0. The topological polar surface area (TPSA) is 41.1 Å². The fraction of sp³-hybridized carbons (Fsp3) is 0.611.